The van der Waals surface area contributed by atoms with Gasteiger partial charge in [-0.1, -0.05) is 41.9 Å². The van der Waals surface area contributed by atoms with Gasteiger partial charge in [0.05, 0.1) is 11.6 Å². The van der Waals surface area contributed by atoms with E-state index in [0.717, 1.165) is 5.56 Å². The van der Waals surface area contributed by atoms with Crippen molar-refractivity contribution in [2.24, 2.45) is 0 Å². The van der Waals surface area contributed by atoms with Gasteiger partial charge in [-0.25, -0.2) is 4.79 Å². The van der Waals surface area contributed by atoms with Gasteiger partial charge in [-0.2, -0.15) is 0 Å². The van der Waals surface area contributed by atoms with Crippen LogP contribution in [-0.4, -0.2) is 28.1 Å². The molecule has 0 aliphatic rings. The summed E-state index contributed by atoms with van der Waals surface area (Å²) in [5, 5.41) is 12.8. The number of aromatic carboxylic acids is 1. The van der Waals surface area contributed by atoms with Crippen LogP contribution >= 0.6 is 11.6 Å². The second-order valence-corrected chi connectivity index (χ2v) is 7.48. The van der Waals surface area contributed by atoms with Crippen molar-refractivity contribution in [2.75, 3.05) is 0 Å². The largest absolute Gasteiger partial charge is 0.477 e. The van der Waals surface area contributed by atoms with Crippen molar-refractivity contribution >= 4 is 34.4 Å². The molecule has 3 aromatic rings. The molecule has 0 aliphatic heterocycles. The lowest BCUT2D eigenvalue weighted by Crippen LogP contribution is -2.32. The van der Waals surface area contributed by atoms with Gasteiger partial charge in [0.2, 0.25) is 0 Å². The van der Waals surface area contributed by atoms with Crippen molar-refractivity contribution in [1.82, 2.24) is 10.3 Å². The molecule has 0 saturated heterocycles. The first-order valence-electron chi connectivity index (χ1n) is 9.33. The second kappa shape index (κ2) is 9.11. The third-order valence-electron chi connectivity index (χ3n) is 4.43. The minimum atomic E-state index is -1.33. The van der Waals surface area contributed by atoms with Crippen LogP contribution in [0.1, 0.15) is 41.4 Å². The average molecular weight is 429 g/mol. The van der Waals surface area contributed by atoms with E-state index in [1.165, 1.54) is 6.07 Å². The number of rotatable bonds is 7. The monoisotopic (exact) mass is 428 g/mol. The predicted octanol–water partition coefficient (Wildman–Crippen LogP) is 3.66. The number of carbonyl (C=O) groups is 2. The van der Waals surface area contributed by atoms with Gasteiger partial charge >= 0.3 is 5.97 Å². The van der Waals surface area contributed by atoms with E-state index in [1.54, 1.807) is 12.1 Å². The molecule has 1 atom stereocenters. The molecule has 1 heterocycles. The van der Waals surface area contributed by atoms with Gasteiger partial charge in [0.15, 0.2) is 6.10 Å². The molecule has 0 spiro atoms. The van der Waals surface area contributed by atoms with Crippen LogP contribution in [-0.2, 0) is 16.1 Å². The van der Waals surface area contributed by atoms with Gasteiger partial charge in [-0.15, -0.1) is 0 Å². The van der Waals surface area contributed by atoms with Crippen LogP contribution in [0.3, 0.4) is 0 Å². The number of hydrogen-bond acceptors (Lipinski definition) is 4. The van der Waals surface area contributed by atoms with Gasteiger partial charge in [-0.3, -0.25) is 9.59 Å². The van der Waals surface area contributed by atoms with Crippen molar-refractivity contribution in [1.29, 1.82) is 0 Å². The molecule has 0 saturated carbocycles. The molecule has 8 heteroatoms. The van der Waals surface area contributed by atoms with E-state index in [2.05, 4.69) is 10.3 Å². The Morgan fingerprint density at radius 3 is 2.50 bits per heavy atom. The first-order chi connectivity index (χ1) is 14.3. The van der Waals surface area contributed by atoms with Crippen LogP contribution in [0.2, 0.25) is 5.02 Å². The number of pyridine rings is 1. The predicted molar refractivity (Wildman–Crippen MR) is 114 cm³/mol. The summed E-state index contributed by atoms with van der Waals surface area (Å²) < 4.78 is 5.80. The number of H-pyrrole nitrogens is 1. The number of amides is 1. The first kappa shape index (κ1) is 21.5. The standard InChI is InChI=1S/C22H21ClN2O5/c1-12(2)30-19(13-6-4-3-5-7-13)21(27)24-11-15-9-16(23)8-14-10-17(22(28)29)20(26)25-18(14)15/h3-10,12,19H,11H2,1-2H3,(H,24,27)(H,25,26)(H,28,29)/t19-/m1/s1. The number of carboxylic acid groups (broad SMARTS) is 1. The summed E-state index contributed by atoms with van der Waals surface area (Å²) in [6.07, 6.45) is -0.965. The molecular weight excluding hydrogens is 408 g/mol. The molecule has 1 amide bonds. The minimum Gasteiger partial charge on any atom is -0.477 e. The number of aromatic amines is 1. The zero-order chi connectivity index (χ0) is 21.8. The third kappa shape index (κ3) is 4.87. The first-order valence-corrected chi connectivity index (χ1v) is 9.71. The normalized spacial score (nSPS) is 12.1. The SMILES string of the molecule is CC(C)O[C@@H](C(=O)NCc1cc(Cl)cc2cc(C(=O)O)c(=O)[nH]c12)c1ccccc1. The van der Waals surface area contributed by atoms with E-state index < -0.39 is 17.6 Å². The summed E-state index contributed by atoms with van der Waals surface area (Å²) in [4.78, 5) is 38.8. The smallest absolute Gasteiger partial charge is 0.341 e. The highest BCUT2D eigenvalue weighted by Crippen LogP contribution is 2.24. The zero-order valence-corrected chi connectivity index (χ0v) is 17.2. The van der Waals surface area contributed by atoms with E-state index in [4.69, 9.17) is 21.4 Å². The Labute approximate surface area is 177 Å². The Balaban J connectivity index is 1.90. The van der Waals surface area contributed by atoms with Gasteiger partial charge in [-0.05, 0) is 43.2 Å². The number of aromatic nitrogens is 1. The molecule has 3 N–H and O–H groups in total. The van der Waals surface area contributed by atoms with Crippen LogP contribution in [0, 0.1) is 0 Å². The fraction of sp³-hybridized carbons (Fsp3) is 0.227. The molecule has 0 unspecified atom stereocenters. The summed E-state index contributed by atoms with van der Waals surface area (Å²) in [6.45, 7) is 3.76. The maximum absolute atomic E-state index is 12.9. The van der Waals surface area contributed by atoms with Gasteiger partial charge in [0.1, 0.15) is 5.56 Å². The van der Waals surface area contributed by atoms with Crippen LogP contribution in [0.5, 0.6) is 0 Å². The quantitative estimate of drug-likeness (QED) is 0.532. The minimum absolute atomic E-state index is 0.0725. The summed E-state index contributed by atoms with van der Waals surface area (Å²) in [5.74, 6) is -1.67. The molecule has 7 nitrogen and oxygen atoms in total. The number of carbonyl (C=O) groups excluding carboxylic acids is 1. The zero-order valence-electron chi connectivity index (χ0n) is 16.4. The fourth-order valence-electron chi connectivity index (χ4n) is 3.12. The maximum Gasteiger partial charge on any atom is 0.341 e. The molecule has 0 radical (unpaired) electrons. The molecule has 2 aromatic carbocycles. The molecule has 3 rings (SSSR count). The molecule has 156 valence electrons. The molecule has 0 aliphatic carbocycles. The third-order valence-corrected chi connectivity index (χ3v) is 4.65. The van der Waals surface area contributed by atoms with E-state index in [9.17, 15) is 14.4 Å². The highest BCUT2D eigenvalue weighted by Gasteiger charge is 2.23. The van der Waals surface area contributed by atoms with Gasteiger partial charge in [0, 0.05) is 17.0 Å². The number of benzene rings is 2. The second-order valence-electron chi connectivity index (χ2n) is 7.04. The molecule has 0 fully saturated rings. The lowest BCUT2D eigenvalue weighted by molar-refractivity contribution is -0.136. The highest BCUT2D eigenvalue weighted by molar-refractivity contribution is 6.31. The van der Waals surface area contributed by atoms with Crippen LogP contribution in [0.4, 0.5) is 0 Å². The summed E-state index contributed by atoms with van der Waals surface area (Å²) in [5.41, 5.74) is 0.579. The highest BCUT2D eigenvalue weighted by atomic mass is 35.5. The number of fused-ring (bicyclic) bond motifs is 1. The van der Waals surface area contributed by atoms with Gasteiger partial charge in [0.25, 0.3) is 11.5 Å². The van der Waals surface area contributed by atoms with Crippen molar-refractivity contribution < 1.29 is 19.4 Å². The molecule has 0 bridgehead atoms. The number of hydrogen-bond donors (Lipinski definition) is 3. The van der Waals surface area contributed by atoms with Crippen molar-refractivity contribution in [2.45, 2.75) is 32.6 Å². The summed E-state index contributed by atoms with van der Waals surface area (Å²) in [6, 6.07) is 13.6. The fourth-order valence-corrected chi connectivity index (χ4v) is 3.37. The van der Waals surface area contributed by atoms with Crippen molar-refractivity contribution in [3.63, 3.8) is 0 Å². The van der Waals surface area contributed by atoms with Gasteiger partial charge < -0.3 is 20.1 Å². The van der Waals surface area contributed by atoms with E-state index in [0.29, 0.717) is 21.5 Å². The molecule has 30 heavy (non-hydrogen) atoms. The van der Waals surface area contributed by atoms with Crippen LogP contribution in [0.25, 0.3) is 10.9 Å². The number of halogens is 1. The van der Waals surface area contributed by atoms with Crippen LogP contribution < -0.4 is 10.9 Å². The van der Waals surface area contributed by atoms with Crippen molar-refractivity contribution in [3.8, 4) is 0 Å². The maximum atomic E-state index is 12.9. The van der Waals surface area contributed by atoms with E-state index >= 15 is 0 Å². The Bertz CT molecular complexity index is 1140. The Morgan fingerprint density at radius 2 is 1.87 bits per heavy atom. The lowest BCUT2D eigenvalue weighted by Gasteiger charge is -2.20. The van der Waals surface area contributed by atoms with E-state index in [-0.39, 0.29) is 24.1 Å². The Morgan fingerprint density at radius 1 is 1.17 bits per heavy atom. The summed E-state index contributed by atoms with van der Waals surface area (Å²) >= 11 is 6.16. The van der Waals surface area contributed by atoms with Crippen LogP contribution in [0.15, 0.2) is 53.3 Å². The Kier molecular flexibility index (Phi) is 6.54. The topological polar surface area (TPSA) is 108 Å². The number of nitrogens with one attached hydrogen (secondary N) is 2. The Hall–Kier alpha value is -3.16. The van der Waals surface area contributed by atoms with E-state index in [1.807, 2.05) is 44.2 Å². The number of carboxylic acids is 1. The van der Waals surface area contributed by atoms with Crippen molar-refractivity contribution in [3.05, 3.63) is 80.6 Å². The number of ether oxygens (including phenoxy) is 1. The molecule has 1 aromatic heterocycles. The summed E-state index contributed by atoms with van der Waals surface area (Å²) in [7, 11) is 0. The average Bonchev–Trinajstić information content (AvgIpc) is 2.70. The lowest BCUT2D eigenvalue weighted by atomic mass is 10.1. The molecular formula is C22H21ClN2O5.